The summed E-state index contributed by atoms with van der Waals surface area (Å²) in [5.74, 6) is -1.96. The molecule has 11 heteroatoms. The van der Waals surface area contributed by atoms with E-state index in [9.17, 15) is 28.0 Å². The summed E-state index contributed by atoms with van der Waals surface area (Å²) in [6, 6.07) is 15.1. The highest BCUT2D eigenvalue weighted by Crippen LogP contribution is 2.31. The molecule has 1 aliphatic rings. The largest absolute Gasteiger partial charge is 0.450 e. The average molecular weight is 497 g/mol. The van der Waals surface area contributed by atoms with Crippen LogP contribution in [-0.2, 0) is 15.7 Å². The number of aromatic nitrogens is 3. The fourth-order valence-corrected chi connectivity index (χ4v) is 4.09. The Morgan fingerprint density at radius 2 is 1.81 bits per heavy atom. The van der Waals surface area contributed by atoms with Gasteiger partial charge in [0.05, 0.1) is 17.3 Å². The fraction of sp³-hybridized carbons (Fsp3) is 0.320. The van der Waals surface area contributed by atoms with Gasteiger partial charge in [0.2, 0.25) is 0 Å². The summed E-state index contributed by atoms with van der Waals surface area (Å²) in [5, 5.41) is 16.2. The molecule has 0 aliphatic heterocycles. The Labute approximate surface area is 204 Å². The molecule has 3 aromatic rings. The van der Waals surface area contributed by atoms with Crippen molar-refractivity contribution in [2.24, 2.45) is 0 Å². The molecule has 1 N–H and O–H groups in total. The van der Waals surface area contributed by atoms with E-state index in [1.54, 1.807) is 30.3 Å². The molecule has 1 aromatic heterocycles. The smallest absolute Gasteiger partial charge is 0.416 e. The molecule has 1 saturated carbocycles. The molecular weight excluding hydrogens is 475 g/mol. The number of nitrogens with zero attached hydrogens (tertiary/aromatic N) is 4. The standard InChI is InChI=1S/C25H22F3N5O3/c26-25(27,28)18-10-7-11-19(14-18)33-22(17-8-3-1-4-9-17)30-21(32-33)23(35)36-15-20(34)31-24(16-29)12-5-2-6-13-24/h1,3-4,7-11,14H,2,5-6,12-13,15H2,(H,31,34). The summed E-state index contributed by atoms with van der Waals surface area (Å²) in [6.45, 7) is -0.652. The molecule has 0 unspecified atom stereocenters. The second kappa shape index (κ2) is 10.2. The molecule has 0 atom stereocenters. The summed E-state index contributed by atoms with van der Waals surface area (Å²) in [5.41, 5.74) is -1.32. The average Bonchev–Trinajstić information content (AvgIpc) is 3.34. The van der Waals surface area contributed by atoms with Gasteiger partial charge in [0, 0.05) is 5.56 Å². The normalized spacial score (nSPS) is 15.1. The summed E-state index contributed by atoms with van der Waals surface area (Å²) >= 11 is 0. The Morgan fingerprint density at radius 1 is 1.08 bits per heavy atom. The molecule has 8 nitrogen and oxygen atoms in total. The molecule has 1 heterocycles. The van der Waals surface area contributed by atoms with Gasteiger partial charge in [-0.3, -0.25) is 4.79 Å². The van der Waals surface area contributed by atoms with Crippen LogP contribution in [0.2, 0.25) is 0 Å². The highest BCUT2D eigenvalue weighted by Gasteiger charge is 2.34. The van der Waals surface area contributed by atoms with E-state index in [1.165, 1.54) is 12.1 Å². The van der Waals surface area contributed by atoms with Gasteiger partial charge in [-0.1, -0.05) is 55.7 Å². The molecule has 186 valence electrons. The van der Waals surface area contributed by atoms with Gasteiger partial charge in [0.25, 0.3) is 11.7 Å². The van der Waals surface area contributed by atoms with E-state index in [2.05, 4.69) is 21.5 Å². The van der Waals surface area contributed by atoms with Gasteiger partial charge in [-0.15, -0.1) is 5.10 Å². The lowest BCUT2D eigenvalue weighted by Crippen LogP contribution is -2.50. The number of hydrogen-bond acceptors (Lipinski definition) is 6. The number of carbonyl (C=O) groups is 2. The number of carbonyl (C=O) groups excluding carboxylic acids is 2. The monoisotopic (exact) mass is 497 g/mol. The van der Waals surface area contributed by atoms with Gasteiger partial charge in [0.1, 0.15) is 5.54 Å². The van der Waals surface area contributed by atoms with E-state index >= 15 is 0 Å². The Morgan fingerprint density at radius 3 is 2.47 bits per heavy atom. The molecule has 0 radical (unpaired) electrons. The predicted molar refractivity (Wildman–Crippen MR) is 122 cm³/mol. The minimum Gasteiger partial charge on any atom is -0.450 e. The summed E-state index contributed by atoms with van der Waals surface area (Å²) < 4.78 is 46.0. The summed E-state index contributed by atoms with van der Waals surface area (Å²) in [7, 11) is 0. The van der Waals surface area contributed by atoms with Crippen LogP contribution < -0.4 is 5.32 Å². The zero-order valence-corrected chi connectivity index (χ0v) is 19.1. The third kappa shape index (κ3) is 5.54. The lowest BCUT2D eigenvalue weighted by atomic mass is 9.83. The van der Waals surface area contributed by atoms with Gasteiger partial charge < -0.3 is 10.1 Å². The van der Waals surface area contributed by atoms with E-state index in [1.807, 2.05) is 0 Å². The summed E-state index contributed by atoms with van der Waals surface area (Å²) in [6.07, 6.45) is -0.922. The molecule has 4 rings (SSSR count). The van der Waals surface area contributed by atoms with Gasteiger partial charge >= 0.3 is 12.1 Å². The fourth-order valence-electron chi connectivity index (χ4n) is 4.09. The Kier molecular flexibility index (Phi) is 7.05. The van der Waals surface area contributed by atoms with Crippen molar-refractivity contribution in [1.82, 2.24) is 20.1 Å². The first-order valence-electron chi connectivity index (χ1n) is 11.3. The zero-order chi connectivity index (χ0) is 25.8. The van der Waals surface area contributed by atoms with Crippen LogP contribution >= 0.6 is 0 Å². The quantitative estimate of drug-likeness (QED) is 0.504. The van der Waals surface area contributed by atoms with E-state index in [0.29, 0.717) is 18.4 Å². The minimum absolute atomic E-state index is 0.0428. The van der Waals surface area contributed by atoms with Gasteiger partial charge in [0.15, 0.2) is 12.4 Å². The number of hydrogen-bond donors (Lipinski definition) is 1. The van der Waals surface area contributed by atoms with Crippen molar-refractivity contribution in [3.05, 3.63) is 66.0 Å². The highest BCUT2D eigenvalue weighted by atomic mass is 19.4. The van der Waals surface area contributed by atoms with Crippen molar-refractivity contribution < 1.29 is 27.5 Å². The molecular formula is C25H22F3N5O3. The number of nitrogens with one attached hydrogen (secondary N) is 1. The van der Waals surface area contributed by atoms with Crippen molar-refractivity contribution in [2.45, 2.75) is 43.8 Å². The SMILES string of the molecule is N#CC1(NC(=O)COC(=O)c2nc(-c3ccccc3)n(-c3cccc(C(F)(F)F)c3)n2)CCCCC1. The first kappa shape index (κ1) is 24.9. The van der Waals surface area contributed by atoms with Crippen LogP contribution in [0.3, 0.4) is 0 Å². The van der Waals surface area contributed by atoms with E-state index in [0.717, 1.165) is 36.1 Å². The summed E-state index contributed by atoms with van der Waals surface area (Å²) in [4.78, 5) is 29.2. The molecule has 1 aliphatic carbocycles. The first-order chi connectivity index (χ1) is 17.2. The van der Waals surface area contributed by atoms with Crippen LogP contribution in [0.5, 0.6) is 0 Å². The maximum atomic E-state index is 13.3. The Hall–Kier alpha value is -4.20. The minimum atomic E-state index is -4.57. The number of alkyl halides is 3. The van der Waals surface area contributed by atoms with Crippen LogP contribution in [0.15, 0.2) is 54.6 Å². The van der Waals surface area contributed by atoms with E-state index in [4.69, 9.17) is 4.74 Å². The number of halogens is 3. The molecule has 2 aromatic carbocycles. The number of rotatable bonds is 6. The third-order valence-electron chi connectivity index (χ3n) is 5.87. The lowest BCUT2D eigenvalue weighted by molar-refractivity contribution is -0.137. The lowest BCUT2D eigenvalue weighted by Gasteiger charge is -2.31. The first-order valence-corrected chi connectivity index (χ1v) is 11.3. The maximum absolute atomic E-state index is 13.3. The molecule has 1 fully saturated rings. The number of nitriles is 1. The van der Waals surface area contributed by atoms with Crippen molar-refractivity contribution >= 4 is 11.9 Å². The molecule has 1 amide bonds. The number of ether oxygens (including phenoxy) is 1. The van der Waals surface area contributed by atoms with E-state index in [-0.39, 0.29) is 11.5 Å². The van der Waals surface area contributed by atoms with Gasteiger partial charge in [-0.2, -0.15) is 18.4 Å². The van der Waals surface area contributed by atoms with Crippen LogP contribution in [0.25, 0.3) is 17.1 Å². The maximum Gasteiger partial charge on any atom is 0.416 e. The van der Waals surface area contributed by atoms with E-state index < -0.39 is 41.6 Å². The molecule has 0 saturated heterocycles. The topological polar surface area (TPSA) is 110 Å². The van der Waals surface area contributed by atoms with Crippen molar-refractivity contribution in [1.29, 1.82) is 5.26 Å². The van der Waals surface area contributed by atoms with Gasteiger partial charge in [-0.05, 0) is 31.0 Å². The molecule has 0 spiro atoms. The van der Waals surface area contributed by atoms with Crippen LogP contribution in [0.4, 0.5) is 13.2 Å². The van der Waals surface area contributed by atoms with Crippen molar-refractivity contribution in [2.75, 3.05) is 6.61 Å². The second-order valence-corrected chi connectivity index (χ2v) is 8.46. The Balaban J connectivity index is 1.56. The second-order valence-electron chi connectivity index (χ2n) is 8.46. The predicted octanol–water partition coefficient (Wildman–Crippen LogP) is 4.45. The third-order valence-corrected chi connectivity index (χ3v) is 5.87. The van der Waals surface area contributed by atoms with Crippen molar-refractivity contribution in [3.8, 4) is 23.1 Å². The molecule has 36 heavy (non-hydrogen) atoms. The Bertz CT molecular complexity index is 1290. The zero-order valence-electron chi connectivity index (χ0n) is 19.1. The number of amides is 1. The van der Waals surface area contributed by atoms with Crippen LogP contribution in [0, 0.1) is 11.3 Å². The van der Waals surface area contributed by atoms with Gasteiger partial charge in [-0.25, -0.2) is 14.5 Å². The van der Waals surface area contributed by atoms with Crippen LogP contribution in [0.1, 0.15) is 48.3 Å². The number of benzene rings is 2. The van der Waals surface area contributed by atoms with Crippen LogP contribution in [-0.4, -0.2) is 38.8 Å². The molecule has 0 bridgehead atoms. The number of esters is 1. The highest BCUT2D eigenvalue weighted by molar-refractivity contribution is 5.88. The van der Waals surface area contributed by atoms with Crippen molar-refractivity contribution in [3.63, 3.8) is 0 Å².